The molecular weight excluding hydrogens is 248 g/mol. The van der Waals surface area contributed by atoms with E-state index < -0.39 is 0 Å². The number of nitrogens with zero attached hydrogens (tertiary/aromatic N) is 2. The molecule has 1 unspecified atom stereocenters. The monoisotopic (exact) mass is 266 g/mol. The van der Waals surface area contributed by atoms with Gasteiger partial charge < -0.3 is 10.0 Å². The van der Waals surface area contributed by atoms with Crippen molar-refractivity contribution in [1.29, 1.82) is 0 Å². The molecular formula is C17H18N2O. The van der Waals surface area contributed by atoms with Gasteiger partial charge in [0.2, 0.25) is 0 Å². The lowest BCUT2D eigenvalue weighted by Gasteiger charge is -2.38. The molecule has 1 atom stereocenters. The fraction of sp³-hybridized carbons (Fsp3) is 0.294. The quantitative estimate of drug-likeness (QED) is 0.904. The van der Waals surface area contributed by atoms with E-state index in [0.29, 0.717) is 0 Å². The second-order valence-electron chi connectivity index (χ2n) is 5.43. The molecule has 2 aliphatic heterocycles. The van der Waals surface area contributed by atoms with Crippen LogP contribution in [0, 0.1) is 0 Å². The van der Waals surface area contributed by atoms with Crippen LogP contribution in [0.15, 0.2) is 48.5 Å². The molecule has 0 saturated carbocycles. The Hall–Kier alpha value is -1.84. The second kappa shape index (κ2) is 4.62. The molecule has 0 amide bonds. The molecule has 2 aliphatic rings. The molecule has 3 nitrogen and oxygen atoms in total. The van der Waals surface area contributed by atoms with E-state index in [0.717, 1.165) is 19.6 Å². The summed E-state index contributed by atoms with van der Waals surface area (Å²) in [5.41, 5.74) is 5.33. The molecule has 3 heteroatoms. The number of rotatable bonds is 2. The number of fused-ring (bicyclic) bond motifs is 6. The van der Waals surface area contributed by atoms with E-state index in [1.54, 1.807) is 0 Å². The van der Waals surface area contributed by atoms with Crippen LogP contribution in [0.1, 0.15) is 11.7 Å². The van der Waals surface area contributed by atoms with E-state index in [1.807, 2.05) is 0 Å². The highest BCUT2D eigenvalue weighted by Crippen LogP contribution is 2.47. The summed E-state index contributed by atoms with van der Waals surface area (Å²) in [5, 5.41) is 9.30. The molecule has 1 N–H and O–H groups in total. The van der Waals surface area contributed by atoms with Gasteiger partial charge in [0.15, 0.2) is 0 Å². The molecule has 0 radical (unpaired) electrons. The highest BCUT2D eigenvalue weighted by atomic mass is 16.3. The average Bonchev–Trinajstić information content (AvgIpc) is 2.92. The van der Waals surface area contributed by atoms with Crippen LogP contribution in [-0.2, 0) is 0 Å². The van der Waals surface area contributed by atoms with Crippen molar-refractivity contribution >= 4 is 5.69 Å². The maximum Gasteiger partial charge on any atom is 0.109 e. The minimum Gasteiger partial charge on any atom is -0.395 e. The van der Waals surface area contributed by atoms with E-state index in [9.17, 15) is 5.11 Å². The molecule has 0 bridgehead atoms. The van der Waals surface area contributed by atoms with Crippen molar-refractivity contribution in [3.05, 3.63) is 54.1 Å². The van der Waals surface area contributed by atoms with Crippen LogP contribution in [-0.4, -0.2) is 36.2 Å². The SMILES string of the molecule is OCCN1CCN2c3ccccc3-c3ccccc3C12. The Morgan fingerprint density at radius 2 is 1.70 bits per heavy atom. The molecule has 2 aromatic rings. The third-order valence-electron chi connectivity index (χ3n) is 4.40. The van der Waals surface area contributed by atoms with E-state index >= 15 is 0 Å². The third-order valence-corrected chi connectivity index (χ3v) is 4.40. The van der Waals surface area contributed by atoms with Crippen molar-refractivity contribution in [2.24, 2.45) is 0 Å². The van der Waals surface area contributed by atoms with Gasteiger partial charge in [-0.15, -0.1) is 0 Å². The molecule has 0 aliphatic carbocycles. The van der Waals surface area contributed by atoms with Gasteiger partial charge in [0.1, 0.15) is 6.17 Å². The number of aliphatic hydroxyl groups excluding tert-OH is 1. The first kappa shape index (κ1) is 11.9. The van der Waals surface area contributed by atoms with Crippen molar-refractivity contribution in [1.82, 2.24) is 4.90 Å². The van der Waals surface area contributed by atoms with Gasteiger partial charge in [0, 0.05) is 30.9 Å². The number of hydrogen-bond donors (Lipinski definition) is 1. The maximum atomic E-state index is 9.30. The van der Waals surface area contributed by atoms with Gasteiger partial charge in [0.05, 0.1) is 6.61 Å². The fourth-order valence-electron chi connectivity index (χ4n) is 3.58. The number of para-hydroxylation sites is 1. The average molecular weight is 266 g/mol. The summed E-state index contributed by atoms with van der Waals surface area (Å²) in [6.45, 7) is 2.98. The Morgan fingerprint density at radius 1 is 0.950 bits per heavy atom. The molecule has 102 valence electrons. The summed E-state index contributed by atoms with van der Waals surface area (Å²) in [4.78, 5) is 4.84. The fourth-order valence-corrected chi connectivity index (χ4v) is 3.58. The van der Waals surface area contributed by atoms with Gasteiger partial charge in [-0.3, -0.25) is 4.90 Å². The Kier molecular flexibility index (Phi) is 2.76. The van der Waals surface area contributed by atoms with Crippen molar-refractivity contribution < 1.29 is 5.11 Å². The number of β-amino-alcohol motifs (C(OH)–C–C–N with tert-alkyl or cyclic N) is 1. The van der Waals surface area contributed by atoms with Crippen LogP contribution < -0.4 is 4.90 Å². The number of aliphatic hydroxyl groups is 1. The zero-order valence-electron chi connectivity index (χ0n) is 11.4. The van der Waals surface area contributed by atoms with E-state index in [4.69, 9.17) is 0 Å². The second-order valence-corrected chi connectivity index (χ2v) is 5.43. The van der Waals surface area contributed by atoms with Crippen molar-refractivity contribution in [2.45, 2.75) is 6.17 Å². The molecule has 1 saturated heterocycles. The van der Waals surface area contributed by atoms with Gasteiger partial charge in [-0.2, -0.15) is 0 Å². The first-order valence-electron chi connectivity index (χ1n) is 7.20. The molecule has 0 aromatic heterocycles. The van der Waals surface area contributed by atoms with Crippen molar-refractivity contribution in [2.75, 3.05) is 31.1 Å². The minimum atomic E-state index is 0.216. The summed E-state index contributed by atoms with van der Waals surface area (Å²) in [6.07, 6.45) is 0.272. The Bertz CT molecular complexity index is 640. The molecule has 2 heterocycles. The van der Waals surface area contributed by atoms with Crippen LogP contribution in [0.5, 0.6) is 0 Å². The first-order valence-corrected chi connectivity index (χ1v) is 7.20. The van der Waals surface area contributed by atoms with Crippen LogP contribution in [0.25, 0.3) is 11.1 Å². The summed E-state index contributed by atoms with van der Waals surface area (Å²) >= 11 is 0. The number of benzene rings is 2. The zero-order valence-corrected chi connectivity index (χ0v) is 11.4. The topological polar surface area (TPSA) is 26.7 Å². The van der Waals surface area contributed by atoms with Gasteiger partial charge in [0.25, 0.3) is 0 Å². The van der Waals surface area contributed by atoms with E-state index in [-0.39, 0.29) is 12.8 Å². The normalized spacial score (nSPS) is 20.4. The molecule has 0 spiro atoms. The van der Waals surface area contributed by atoms with Crippen LogP contribution >= 0.6 is 0 Å². The van der Waals surface area contributed by atoms with Crippen LogP contribution in [0.2, 0.25) is 0 Å². The van der Waals surface area contributed by atoms with Crippen molar-refractivity contribution in [3.63, 3.8) is 0 Å². The van der Waals surface area contributed by atoms with Crippen LogP contribution in [0.3, 0.4) is 0 Å². The van der Waals surface area contributed by atoms with Crippen molar-refractivity contribution in [3.8, 4) is 11.1 Å². The highest BCUT2D eigenvalue weighted by Gasteiger charge is 2.38. The van der Waals surface area contributed by atoms with Gasteiger partial charge >= 0.3 is 0 Å². The summed E-state index contributed by atoms with van der Waals surface area (Å²) in [6, 6.07) is 17.3. The number of hydrogen-bond acceptors (Lipinski definition) is 3. The van der Waals surface area contributed by atoms with E-state index in [1.165, 1.54) is 22.4 Å². The lowest BCUT2D eigenvalue weighted by Crippen LogP contribution is -2.35. The molecule has 4 rings (SSSR count). The largest absolute Gasteiger partial charge is 0.395 e. The third kappa shape index (κ3) is 1.60. The van der Waals surface area contributed by atoms with E-state index in [2.05, 4.69) is 58.3 Å². The van der Waals surface area contributed by atoms with Gasteiger partial charge in [-0.1, -0.05) is 42.5 Å². The Morgan fingerprint density at radius 3 is 2.55 bits per heavy atom. The van der Waals surface area contributed by atoms with Crippen LogP contribution in [0.4, 0.5) is 5.69 Å². The lowest BCUT2D eigenvalue weighted by atomic mass is 9.91. The smallest absolute Gasteiger partial charge is 0.109 e. The predicted molar refractivity (Wildman–Crippen MR) is 80.6 cm³/mol. The molecule has 2 aromatic carbocycles. The summed E-state index contributed by atoms with van der Waals surface area (Å²) in [5.74, 6) is 0. The maximum absolute atomic E-state index is 9.30. The lowest BCUT2D eigenvalue weighted by molar-refractivity contribution is 0.186. The summed E-state index contributed by atoms with van der Waals surface area (Å²) < 4.78 is 0. The molecule has 1 fully saturated rings. The number of anilines is 1. The summed E-state index contributed by atoms with van der Waals surface area (Å²) in [7, 11) is 0. The highest BCUT2D eigenvalue weighted by molar-refractivity contribution is 5.84. The standard InChI is InChI=1S/C17H18N2O/c20-12-11-18-9-10-19-16-8-4-3-6-14(16)13-5-1-2-7-15(13)17(18)19/h1-8,17,20H,9-12H2. The first-order chi connectivity index (χ1) is 9.90. The van der Waals surface area contributed by atoms with Gasteiger partial charge in [-0.25, -0.2) is 0 Å². The van der Waals surface area contributed by atoms with Gasteiger partial charge in [-0.05, 0) is 17.2 Å². The Labute approximate surface area is 119 Å². The minimum absolute atomic E-state index is 0.216. The zero-order chi connectivity index (χ0) is 13.5. The predicted octanol–water partition coefficient (Wildman–Crippen LogP) is 2.48. The Balaban J connectivity index is 1.91. The molecule has 20 heavy (non-hydrogen) atoms.